The summed E-state index contributed by atoms with van der Waals surface area (Å²) in [5.41, 5.74) is -0.751. The fraction of sp³-hybridized carbons (Fsp3) is 0.517. The van der Waals surface area contributed by atoms with Gasteiger partial charge < -0.3 is 10.2 Å². The standard InChI is InChI=1S/C29H35F3N4O4S/c1-28(30,31)23-13-11-21(12-14-23)17-33-26(37)25-10-6-16-36(25)27(38)22-7-5-15-34(18-22)41(39,40)35-19-29(32,20-35)24-8-3-2-4-9-24/h2-4,8-9,11-14,22,25H,5-7,10,15-20H2,1H3,(H,33,37)/t22-,25+/m0/s1. The van der Waals surface area contributed by atoms with Crippen LogP contribution in [0.1, 0.15) is 49.3 Å². The number of hydrogen-bond donors (Lipinski definition) is 1. The number of hydrogen-bond acceptors (Lipinski definition) is 4. The van der Waals surface area contributed by atoms with E-state index >= 15 is 4.39 Å². The van der Waals surface area contributed by atoms with Crippen LogP contribution in [0.4, 0.5) is 13.2 Å². The predicted octanol–water partition coefficient (Wildman–Crippen LogP) is 3.54. The Kier molecular flexibility index (Phi) is 8.19. The van der Waals surface area contributed by atoms with Gasteiger partial charge in [-0.05, 0) is 36.8 Å². The molecule has 3 saturated heterocycles. The Morgan fingerprint density at radius 3 is 2.29 bits per heavy atom. The molecule has 3 fully saturated rings. The van der Waals surface area contributed by atoms with Crippen molar-refractivity contribution in [2.45, 2.75) is 56.8 Å². The summed E-state index contributed by atoms with van der Waals surface area (Å²) in [5.74, 6) is -4.14. The van der Waals surface area contributed by atoms with Crippen LogP contribution in [-0.2, 0) is 37.9 Å². The maximum atomic E-state index is 15.3. The van der Waals surface area contributed by atoms with Gasteiger partial charge in [0.1, 0.15) is 6.04 Å². The van der Waals surface area contributed by atoms with E-state index in [1.165, 1.54) is 33.5 Å². The number of rotatable bonds is 8. The zero-order valence-electron chi connectivity index (χ0n) is 22.9. The highest BCUT2D eigenvalue weighted by molar-refractivity contribution is 7.86. The lowest BCUT2D eigenvalue weighted by atomic mass is 9.90. The molecule has 1 N–H and O–H groups in total. The Hall–Kier alpha value is -2.96. The summed E-state index contributed by atoms with van der Waals surface area (Å²) in [5, 5.41) is 2.80. The Morgan fingerprint density at radius 1 is 0.976 bits per heavy atom. The van der Waals surface area contributed by atoms with E-state index in [0.29, 0.717) is 43.4 Å². The van der Waals surface area contributed by atoms with Crippen LogP contribution in [-0.4, -0.2) is 72.5 Å². The number of likely N-dealkylation sites (tertiary alicyclic amines) is 1. The molecular formula is C29H35F3N4O4S. The molecule has 5 rings (SSSR count). The van der Waals surface area contributed by atoms with Crippen molar-refractivity contribution in [2.75, 3.05) is 32.7 Å². The van der Waals surface area contributed by atoms with E-state index in [-0.39, 0.29) is 50.1 Å². The van der Waals surface area contributed by atoms with Crippen LogP contribution in [0.5, 0.6) is 0 Å². The third-order valence-corrected chi connectivity index (χ3v) is 10.2. The highest BCUT2D eigenvalue weighted by atomic mass is 32.2. The van der Waals surface area contributed by atoms with Crippen LogP contribution in [0, 0.1) is 5.92 Å². The van der Waals surface area contributed by atoms with Crippen molar-refractivity contribution in [3.8, 4) is 0 Å². The molecule has 0 aliphatic carbocycles. The lowest BCUT2D eigenvalue weighted by molar-refractivity contribution is -0.142. The van der Waals surface area contributed by atoms with Crippen molar-refractivity contribution in [1.29, 1.82) is 0 Å². The normalized spacial score (nSPS) is 23.7. The summed E-state index contributed by atoms with van der Waals surface area (Å²) in [6, 6.07) is 13.5. The molecule has 2 aromatic rings. The number of carbonyl (C=O) groups excluding carboxylic acids is 2. The van der Waals surface area contributed by atoms with Gasteiger partial charge in [-0.15, -0.1) is 0 Å². The number of nitrogens with one attached hydrogen (secondary N) is 1. The van der Waals surface area contributed by atoms with Crippen LogP contribution in [0.25, 0.3) is 0 Å². The van der Waals surface area contributed by atoms with Gasteiger partial charge in [-0.2, -0.15) is 17.0 Å². The second-order valence-electron chi connectivity index (χ2n) is 11.3. The van der Waals surface area contributed by atoms with E-state index in [0.717, 1.165) is 11.2 Å². The minimum Gasteiger partial charge on any atom is -0.350 e. The van der Waals surface area contributed by atoms with E-state index in [1.807, 2.05) is 0 Å². The smallest absolute Gasteiger partial charge is 0.282 e. The molecule has 222 valence electrons. The van der Waals surface area contributed by atoms with E-state index in [1.54, 1.807) is 30.3 Å². The van der Waals surface area contributed by atoms with Gasteiger partial charge in [-0.1, -0.05) is 54.6 Å². The molecule has 12 heteroatoms. The van der Waals surface area contributed by atoms with Crippen LogP contribution in [0.2, 0.25) is 0 Å². The highest BCUT2D eigenvalue weighted by Gasteiger charge is 2.52. The number of amides is 2. The second-order valence-corrected chi connectivity index (χ2v) is 13.2. The first-order valence-electron chi connectivity index (χ1n) is 13.9. The quantitative estimate of drug-likeness (QED) is 0.508. The first-order valence-corrected chi connectivity index (χ1v) is 15.3. The first-order chi connectivity index (χ1) is 19.4. The number of halogens is 3. The zero-order valence-corrected chi connectivity index (χ0v) is 23.8. The topological polar surface area (TPSA) is 90.0 Å². The number of nitrogens with zero attached hydrogens (tertiary/aromatic N) is 3. The van der Waals surface area contributed by atoms with Gasteiger partial charge in [-0.3, -0.25) is 9.59 Å². The molecule has 0 spiro atoms. The minimum absolute atomic E-state index is 0.0124. The molecule has 2 amide bonds. The maximum Gasteiger partial charge on any atom is 0.282 e. The van der Waals surface area contributed by atoms with Gasteiger partial charge in [-0.25, -0.2) is 13.2 Å². The Bertz CT molecular complexity index is 1360. The molecule has 41 heavy (non-hydrogen) atoms. The summed E-state index contributed by atoms with van der Waals surface area (Å²) in [6.07, 6.45) is 2.12. The molecule has 3 heterocycles. The van der Waals surface area contributed by atoms with E-state index in [2.05, 4.69) is 5.32 Å². The summed E-state index contributed by atoms with van der Waals surface area (Å²) in [7, 11) is -3.95. The number of benzene rings is 2. The monoisotopic (exact) mass is 592 g/mol. The molecule has 3 aliphatic heterocycles. The fourth-order valence-electron chi connectivity index (χ4n) is 5.87. The second kappa shape index (κ2) is 11.4. The number of alkyl halides is 3. The largest absolute Gasteiger partial charge is 0.350 e. The Morgan fingerprint density at radius 2 is 1.63 bits per heavy atom. The van der Waals surface area contributed by atoms with Gasteiger partial charge in [0, 0.05) is 38.7 Å². The van der Waals surface area contributed by atoms with Crippen molar-refractivity contribution in [3.63, 3.8) is 0 Å². The number of piperidine rings is 1. The Labute approximate surface area is 238 Å². The van der Waals surface area contributed by atoms with E-state index in [9.17, 15) is 26.8 Å². The van der Waals surface area contributed by atoms with Crippen LogP contribution >= 0.6 is 0 Å². The van der Waals surface area contributed by atoms with Gasteiger partial charge in [0.05, 0.1) is 19.0 Å². The summed E-state index contributed by atoms with van der Waals surface area (Å²) < 4.78 is 71.2. The van der Waals surface area contributed by atoms with Crippen LogP contribution < -0.4 is 5.32 Å². The van der Waals surface area contributed by atoms with Crippen molar-refractivity contribution < 1.29 is 31.2 Å². The molecule has 0 radical (unpaired) electrons. The van der Waals surface area contributed by atoms with Gasteiger partial charge in [0.2, 0.25) is 11.8 Å². The van der Waals surface area contributed by atoms with Gasteiger partial charge >= 0.3 is 0 Å². The van der Waals surface area contributed by atoms with E-state index in [4.69, 9.17) is 0 Å². The van der Waals surface area contributed by atoms with Gasteiger partial charge in [0.25, 0.3) is 16.1 Å². The molecule has 0 bridgehead atoms. The molecule has 8 nitrogen and oxygen atoms in total. The highest BCUT2D eigenvalue weighted by Crippen LogP contribution is 2.39. The van der Waals surface area contributed by atoms with Gasteiger partial charge in [0.15, 0.2) is 5.67 Å². The maximum absolute atomic E-state index is 15.3. The molecule has 0 saturated carbocycles. The lowest BCUT2D eigenvalue weighted by Crippen LogP contribution is -2.63. The minimum atomic E-state index is -3.95. The van der Waals surface area contributed by atoms with E-state index < -0.39 is 33.8 Å². The van der Waals surface area contributed by atoms with Crippen molar-refractivity contribution >= 4 is 22.0 Å². The first kappa shape index (κ1) is 29.5. The molecule has 3 aliphatic rings. The molecule has 0 aromatic heterocycles. The third kappa shape index (κ3) is 6.14. The average molecular weight is 593 g/mol. The fourth-order valence-corrected chi connectivity index (χ4v) is 7.66. The summed E-state index contributed by atoms with van der Waals surface area (Å²) in [4.78, 5) is 28.1. The SMILES string of the molecule is CC(F)(F)c1ccc(CNC(=O)[C@H]2CCCN2C(=O)[C@H]2CCCN(S(=O)(=O)N3CC(F)(c4ccccc4)C3)C2)cc1. The average Bonchev–Trinajstić information content (AvgIpc) is 3.44. The third-order valence-electron chi connectivity index (χ3n) is 8.30. The zero-order chi connectivity index (χ0) is 29.4. The predicted molar refractivity (Wildman–Crippen MR) is 147 cm³/mol. The Balaban J connectivity index is 1.17. The molecule has 0 unspecified atom stereocenters. The molecule has 2 aromatic carbocycles. The number of carbonyl (C=O) groups is 2. The molecular weight excluding hydrogens is 557 g/mol. The van der Waals surface area contributed by atoms with Crippen molar-refractivity contribution in [1.82, 2.24) is 18.8 Å². The summed E-state index contributed by atoms with van der Waals surface area (Å²) >= 11 is 0. The van der Waals surface area contributed by atoms with Crippen LogP contribution in [0.3, 0.4) is 0 Å². The van der Waals surface area contributed by atoms with Crippen molar-refractivity contribution in [3.05, 3.63) is 71.3 Å². The van der Waals surface area contributed by atoms with Crippen LogP contribution in [0.15, 0.2) is 54.6 Å². The molecule has 2 atom stereocenters. The lowest BCUT2D eigenvalue weighted by Gasteiger charge is -2.46. The van der Waals surface area contributed by atoms with Crippen molar-refractivity contribution in [2.24, 2.45) is 5.92 Å². The summed E-state index contributed by atoms with van der Waals surface area (Å²) in [6.45, 7) is 1.05.